The molecule has 19 heavy (non-hydrogen) atoms. The van der Waals surface area contributed by atoms with E-state index in [1.54, 1.807) is 0 Å². The molecule has 5 nitrogen and oxygen atoms in total. The number of hydrogen-bond acceptors (Lipinski definition) is 3. The number of carbonyl (C=O) groups excluding carboxylic acids is 2. The molecule has 5 heteroatoms. The van der Waals surface area contributed by atoms with Crippen molar-refractivity contribution >= 4 is 11.8 Å². The van der Waals surface area contributed by atoms with Gasteiger partial charge in [-0.15, -0.1) is 0 Å². The molecule has 2 fully saturated rings. The minimum absolute atomic E-state index is 0.0100. The quantitative estimate of drug-likeness (QED) is 0.808. The summed E-state index contributed by atoms with van der Waals surface area (Å²) < 4.78 is 0. The van der Waals surface area contributed by atoms with Crippen LogP contribution in [0.1, 0.15) is 33.1 Å². The summed E-state index contributed by atoms with van der Waals surface area (Å²) in [5.74, 6) is 0.530. The number of amides is 2. The van der Waals surface area contributed by atoms with Crippen LogP contribution in [0.5, 0.6) is 0 Å². The Morgan fingerprint density at radius 1 is 1.37 bits per heavy atom. The van der Waals surface area contributed by atoms with Gasteiger partial charge in [0.15, 0.2) is 0 Å². The maximum atomic E-state index is 12.5. The predicted molar refractivity (Wildman–Crippen MR) is 73.6 cm³/mol. The van der Waals surface area contributed by atoms with Gasteiger partial charge in [0, 0.05) is 12.6 Å². The van der Waals surface area contributed by atoms with Crippen LogP contribution in [0.4, 0.5) is 0 Å². The summed E-state index contributed by atoms with van der Waals surface area (Å²) in [6, 6.07) is -0.0905. The van der Waals surface area contributed by atoms with E-state index in [0.717, 1.165) is 32.4 Å². The van der Waals surface area contributed by atoms with E-state index < -0.39 is 0 Å². The molecule has 2 rings (SSSR count). The monoisotopic (exact) mass is 267 g/mol. The first kappa shape index (κ1) is 14.3. The van der Waals surface area contributed by atoms with Gasteiger partial charge < -0.3 is 15.1 Å². The number of piperazine rings is 1. The molecule has 2 aliphatic heterocycles. The van der Waals surface area contributed by atoms with Gasteiger partial charge in [0.05, 0.1) is 6.54 Å². The highest BCUT2D eigenvalue weighted by atomic mass is 16.2. The molecule has 0 aromatic rings. The van der Waals surface area contributed by atoms with Crippen molar-refractivity contribution in [3.05, 3.63) is 0 Å². The minimum Gasteiger partial charge on any atom is -0.343 e. The Hall–Kier alpha value is -1.10. The van der Waals surface area contributed by atoms with Crippen molar-refractivity contribution in [2.75, 3.05) is 26.7 Å². The maximum absolute atomic E-state index is 12.5. The third-order valence-electron chi connectivity index (χ3n) is 4.27. The molecule has 2 saturated heterocycles. The van der Waals surface area contributed by atoms with Crippen LogP contribution in [-0.4, -0.2) is 60.4 Å². The Kier molecular flexibility index (Phi) is 4.45. The van der Waals surface area contributed by atoms with Crippen LogP contribution in [0.3, 0.4) is 0 Å². The normalized spacial score (nSPS) is 33.4. The van der Waals surface area contributed by atoms with Crippen LogP contribution in [0.15, 0.2) is 0 Å². The smallest absolute Gasteiger partial charge is 0.245 e. The zero-order chi connectivity index (χ0) is 14.0. The third kappa shape index (κ3) is 3.08. The molecule has 0 spiro atoms. The summed E-state index contributed by atoms with van der Waals surface area (Å²) >= 11 is 0. The molecule has 108 valence electrons. The van der Waals surface area contributed by atoms with Crippen molar-refractivity contribution in [2.24, 2.45) is 5.92 Å². The molecular weight excluding hydrogens is 242 g/mol. The van der Waals surface area contributed by atoms with Crippen LogP contribution < -0.4 is 5.32 Å². The van der Waals surface area contributed by atoms with E-state index in [4.69, 9.17) is 0 Å². The van der Waals surface area contributed by atoms with Gasteiger partial charge in [-0.3, -0.25) is 9.59 Å². The number of nitrogens with one attached hydrogen (secondary N) is 1. The first-order chi connectivity index (χ1) is 9.02. The number of piperidine rings is 1. The number of rotatable bonds is 3. The molecule has 1 N–H and O–H groups in total. The van der Waals surface area contributed by atoms with E-state index in [1.807, 2.05) is 11.8 Å². The molecule has 3 unspecified atom stereocenters. The van der Waals surface area contributed by atoms with Gasteiger partial charge in [-0.2, -0.15) is 0 Å². The number of likely N-dealkylation sites (tertiary alicyclic amines) is 1. The molecule has 0 radical (unpaired) electrons. The highest BCUT2D eigenvalue weighted by Gasteiger charge is 2.39. The fourth-order valence-corrected chi connectivity index (χ4v) is 3.30. The first-order valence-electron chi connectivity index (χ1n) is 7.31. The largest absolute Gasteiger partial charge is 0.343 e. The Balaban J connectivity index is 2.09. The van der Waals surface area contributed by atoms with Crippen LogP contribution in [0.2, 0.25) is 0 Å². The second kappa shape index (κ2) is 5.90. The fraction of sp³-hybridized carbons (Fsp3) is 0.857. The maximum Gasteiger partial charge on any atom is 0.245 e. The standard InChI is InChI=1S/C14H25N3O2/c1-4-5-11-14(19)17(9-13(18)15-11)12-6-7-16(3)8-10(12)2/h10-12H,4-9H2,1-3H3,(H,15,18). The summed E-state index contributed by atoms with van der Waals surface area (Å²) in [6.45, 7) is 6.44. The first-order valence-corrected chi connectivity index (χ1v) is 7.31. The molecule has 0 bridgehead atoms. The molecule has 2 heterocycles. The second-order valence-electron chi connectivity index (χ2n) is 5.97. The van der Waals surface area contributed by atoms with Crippen molar-refractivity contribution in [1.29, 1.82) is 0 Å². The van der Waals surface area contributed by atoms with Crippen molar-refractivity contribution < 1.29 is 9.59 Å². The molecule has 0 aromatic heterocycles. The zero-order valence-corrected chi connectivity index (χ0v) is 12.2. The Bertz CT molecular complexity index is 359. The van der Waals surface area contributed by atoms with E-state index in [-0.39, 0.29) is 30.4 Å². The minimum atomic E-state index is -0.307. The number of nitrogens with zero attached hydrogens (tertiary/aromatic N) is 2. The van der Waals surface area contributed by atoms with Gasteiger partial charge in [-0.1, -0.05) is 20.3 Å². The van der Waals surface area contributed by atoms with Crippen LogP contribution in [-0.2, 0) is 9.59 Å². The van der Waals surface area contributed by atoms with Crippen molar-refractivity contribution in [3.63, 3.8) is 0 Å². The van der Waals surface area contributed by atoms with E-state index in [1.165, 1.54) is 0 Å². The van der Waals surface area contributed by atoms with E-state index >= 15 is 0 Å². The van der Waals surface area contributed by atoms with Crippen LogP contribution >= 0.6 is 0 Å². The predicted octanol–water partition coefficient (Wildman–Crippen LogP) is 0.454. The average molecular weight is 267 g/mol. The Labute approximate surface area is 115 Å². The Morgan fingerprint density at radius 3 is 2.74 bits per heavy atom. The number of carbonyl (C=O) groups is 2. The van der Waals surface area contributed by atoms with E-state index in [9.17, 15) is 9.59 Å². The summed E-state index contributed by atoms with van der Waals surface area (Å²) in [5, 5.41) is 2.82. The molecule has 0 aliphatic carbocycles. The molecule has 3 atom stereocenters. The summed E-state index contributed by atoms with van der Waals surface area (Å²) in [4.78, 5) is 28.4. The molecule has 0 saturated carbocycles. The van der Waals surface area contributed by atoms with Gasteiger partial charge in [0.1, 0.15) is 6.04 Å². The lowest BCUT2D eigenvalue weighted by molar-refractivity contribution is -0.149. The molecule has 2 aliphatic rings. The highest BCUT2D eigenvalue weighted by molar-refractivity contribution is 5.95. The lowest BCUT2D eigenvalue weighted by atomic mass is 9.91. The summed E-state index contributed by atoms with van der Waals surface area (Å²) in [7, 11) is 2.11. The second-order valence-corrected chi connectivity index (χ2v) is 5.97. The molecule has 2 amide bonds. The van der Waals surface area contributed by atoms with Crippen molar-refractivity contribution in [3.8, 4) is 0 Å². The SMILES string of the molecule is CCCC1NC(=O)CN(C2CCN(C)CC2C)C1=O. The summed E-state index contributed by atoms with van der Waals surface area (Å²) in [6.07, 6.45) is 2.62. The van der Waals surface area contributed by atoms with Crippen LogP contribution in [0, 0.1) is 5.92 Å². The lowest BCUT2D eigenvalue weighted by Crippen LogP contribution is -2.63. The van der Waals surface area contributed by atoms with Crippen molar-refractivity contribution in [2.45, 2.75) is 45.2 Å². The lowest BCUT2D eigenvalue weighted by Gasteiger charge is -2.44. The number of hydrogen-bond donors (Lipinski definition) is 1. The van der Waals surface area contributed by atoms with Gasteiger partial charge in [0.25, 0.3) is 0 Å². The van der Waals surface area contributed by atoms with Crippen LogP contribution in [0.25, 0.3) is 0 Å². The molecule has 0 aromatic carbocycles. The van der Waals surface area contributed by atoms with E-state index in [0.29, 0.717) is 5.92 Å². The third-order valence-corrected chi connectivity index (χ3v) is 4.27. The zero-order valence-electron chi connectivity index (χ0n) is 12.2. The Morgan fingerprint density at radius 2 is 2.11 bits per heavy atom. The van der Waals surface area contributed by atoms with Gasteiger partial charge in [-0.05, 0) is 32.4 Å². The fourth-order valence-electron chi connectivity index (χ4n) is 3.30. The average Bonchev–Trinajstić information content (AvgIpc) is 2.34. The topological polar surface area (TPSA) is 52.7 Å². The van der Waals surface area contributed by atoms with Gasteiger partial charge in [0.2, 0.25) is 11.8 Å². The molecular formula is C14H25N3O2. The highest BCUT2D eigenvalue weighted by Crippen LogP contribution is 2.23. The van der Waals surface area contributed by atoms with E-state index in [2.05, 4.69) is 24.2 Å². The summed E-state index contributed by atoms with van der Waals surface area (Å²) in [5.41, 5.74) is 0. The van der Waals surface area contributed by atoms with Crippen molar-refractivity contribution in [1.82, 2.24) is 15.1 Å². The van der Waals surface area contributed by atoms with Gasteiger partial charge in [-0.25, -0.2) is 0 Å². The van der Waals surface area contributed by atoms with Gasteiger partial charge >= 0.3 is 0 Å².